The Morgan fingerprint density at radius 2 is 2.33 bits per heavy atom. The van der Waals surface area contributed by atoms with E-state index in [4.69, 9.17) is 11.2 Å². The second-order valence-corrected chi connectivity index (χ2v) is 4.85. The van der Waals surface area contributed by atoms with Gasteiger partial charge in [-0.2, -0.15) is 4.39 Å². The Hall–Kier alpha value is -2.46. The third-order valence-electron chi connectivity index (χ3n) is 3.55. The fraction of sp³-hybridized carbons (Fsp3) is 0.357. The molecule has 1 atom stereocenters. The molecule has 0 radical (unpaired) electrons. The molecule has 0 aliphatic carbocycles. The molecule has 1 unspecified atom stereocenters. The van der Waals surface area contributed by atoms with E-state index in [1.54, 1.807) is 0 Å². The second kappa shape index (κ2) is 5.14. The molecule has 0 spiro atoms. The number of benzene rings is 1. The van der Waals surface area contributed by atoms with Crippen molar-refractivity contribution in [2.45, 2.75) is 25.5 Å². The molecule has 1 fully saturated rings. The highest BCUT2D eigenvalue weighted by molar-refractivity contribution is 5.88. The quantitative estimate of drug-likeness (QED) is 0.484. The van der Waals surface area contributed by atoms with Crippen LogP contribution in [0.15, 0.2) is 12.1 Å². The molecule has 0 amide bonds. The van der Waals surface area contributed by atoms with E-state index in [2.05, 4.69) is 11.0 Å². The molecule has 2 heterocycles. The Bertz CT molecular complexity index is 757. The highest BCUT2D eigenvalue weighted by Crippen LogP contribution is 2.31. The normalized spacial score (nSPS) is 18.6. The summed E-state index contributed by atoms with van der Waals surface area (Å²) in [7, 11) is 0. The Morgan fingerprint density at radius 1 is 1.52 bits per heavy atom. The summed E-state index contributed by atoms with van der Waals surface area (Å²) in [6, 6.07) is 2.46. The number of nitro groups is 1. The molecule has 3 rings (SSSR count). The molecule has 1 aromatic heterocycles. The second-order valence-electron chi connectivity index (χ2n) is 4.85. The predicted octanol–water partition coefficient (Wildman–Crippen LogP) is 2.76. The first-order valence-corrected chi connectivity index (χ1v) is 6.56. The van der Waals surface area contributed by atoms with Crippen molar-refractivity contribution in [3.8, 4) is 12.3 Å². The van der Waals surface area contributed by atoms with Crippen LogP contribution < -0.4 is 0 Å². The van der Waals surface area contributed by atoms with Gasteiger partial charge in [0.05, 0.1) is 15.8 Å². The van der Waals surface area contributed by atoms with Gasteiger partial charge in [0.1, 0.15) is 0 Å². The number of fused-ring (bicyclic) bond motifs is 1. The van der Waals surface area contributed by atoms with Crippen LogP contribution in [0.3, 0.4) is 0 Å². The first-order chi connectivity index (χ1) is 10.1. The molecule has 2 aromatic rings. The average molecular weight is 289 g/mol. The van der Waals surface area contributed by atoms with E-state index in [1.165, 1.54) is 16.8 Å². The van der Waals surface area contributed by atoms with Gasteiger partial charge in [0.25, 0.3) is 5.69 Å². The Morgan fingerprint density at radius 3 is 2.95 bits per heavy atom. The molecule has 1 aliphatic heterocycles. The van der Waals surface area contributed by atoms with E-state index >= 15 is 0 Å². The van der Waals surface area contributed by atoms with Crippen LogP contribution in [-0.4, -0.2) is 21.3 Å². The van der Waals surface area contributed by atoms with Crippen LogP contribution in [0.1, 0.15) is 31.1 Å². The molecule has 0 N–H and O–H groups in total. The van der Waals surface area contributed by atoms with E-state index in [-0.39, 0.29) is 16.6 Å². The number of rotatable bonds is 2. The van der Waals surface area contributed by atoms with Crippen LogP contribution in [-0.2, 0) is 4.74 Å². The lowest BCUT2D eigenvalue weighted by molar-refractivity contribution is -0.384. The highest BCUT2D eigenvalue weighted by Gasteiger charge is 2.24. The van der Waals surface area contributed by atoms with Crippen LogP contribution >= 0.6 is 0 Å². The summed E-state index contributed by atoms with van der Waals surface area (Å²) in [6.07, 6.45) is 7.47. The summed E-state index contributed by atoms with van der Waals surface area (Å²) in [4.78, 5) is 10.4. The van der Waals surface area contributed by atoms with E-state index < -0.39 is 17.1 Å². The number of hydrogen-bond acceptors (Lipinski definition) is 4. The molecule has 7 heteroatoms. The van der Waals surface area contributed by atoms with E-state index in [0.717, 1.165) is 12.8 Å². The zero-order chi connectivity index (χ0) is 15.0. The molecule has 108 valence electrons. The lowest BCUT2D eigenvalue weighted by Crippen LogP contribution is -2.19. The molecule has 1 saturated heterocycles. The lowest BCUT2D eigenvalue weighted by Gasteiger charge is -2.23. The Labute approximate surface area is 119 Å². The number of non-ortho nitro benzene ring substituents is 1. The topological polar surface area (TPSA) is 70.2 Å². The minimum absolute atomic E-state index is 0.122. The van der Waals surface area contributed by atoms with Crippen molar-refractivity contribution >= 4 is 16.6 Å². The van der Waals surface area contributed by atoms with Gasteiger partial charge in [0.15, 0.2) is 6.23 Å². The third-order valence-corrected chi connectivity index (χ3v) is 3.55. The number of aromatic nitrogens is 2. The fourth-order valence-corrected chi connectivity index (χ4v) is 2.56. The SMILES string of the molecule is C#Cc1cc([N+](=O)[O-])cc2c1c(F)nn2C1CCCCO1. The van der Waals surface area contributed by atoms with Crippen LogP contribution in [0, 0.1) is 28.4 Å². The molecule has 0 saturated carbocycles. The van der Waals surface area contributed by atoms with Gasteiger partial charge in [-0.1, -0.05) is 5.92 Å². The van der Waals surface area contributed by atoms with Crippen molar-refractivity contribution in [2.75, 3.05) is 6.61 Å². The summed E-state index contributed by atoms with van der Waals surface area (Å²) in [5.41, 5.74) is 0.229. The summed E-state index contributed by atoms with van der Waals surface area (Å²) < 4.78 is 21.0. The minimum atomic E-state index is -0.734. The number of nitrogens with zero attached hydrogens (tertiary/aromatic N) is 3. The maximum Gasteiger partial charge on any atom is 0.272 e. The van der Waals surface area contributed by atoms with E-state index in [9.17, 15) is 14.5 Å². The maximum absolute atomic E-state index is 14.1. The minimum Gasteiger partial charge on any atom is -0.356 e. The lowest BCUT2D eigenvalue weighted by atomic mass is 10.1. The monoisotopic (exact) mass is 289 g/mol. The van der Waals surface area contributed by atoms with Crippen molar-refractivity contribution < 1.29 is 14.1 Å². The summed E-state index contributed by atoms with van der Waals surface area (Å²) >= 11 is 0. The van der Waals surface area contributed by atoms with Crippen LogP contribution in [0.4, 0.5) is 10.1 Å². The smallest absolute Gasteiger partial charge is 0.272 e. The predicted molar refractivity (Wildman–Crippen MR) is 73.1 cm³/mol. The molecule has 0 bridgehead atoms. The van der Waals surface area contributed by atoms with E-state index in [1.807, 2.05) is 0 Å². The van der Waals surface area contributed by atoms with Crippen molar-refractivity contribution in [2.24, 2.45) is 0 Å². The number of halogens is 1. The third kappa shape index (κ3) is 2.23. The zero-order valence-electron chi connectivity index (χ0n) is 11.1. The largest absolute Gasteiger partial charge is 0.356 e. The number of terminal acetylenes is 1. The summed E-state index contributed by atoms with van der Waals surface area (Å²) in [5.74, 6) is 1.55. The Balaban J connectivity index is 2.24. The van der Waals surface area contributed by atoms with Gasteiger partial charge in [-0.05, 0) is 19.3 Å². The van der Waals surface area contributed by atoms with Crippen LogP contribution in [0.2, 0.25) is 0 Å². The molecule has 21 heavy (non-hydrogen) atoms. The number of hydrogen-bond donors (Lipinski definition) is 0. The standard InChI is InChI=1S/C14H12FN3O3/c1-2-9-7-10(18(19)20)8-11-13(9)14(15)16-17(11)12-5-3-4-6-21-12/h1,7-8,12H,3-6H2. The van der Waals surface area contributed by atoms with Gasteiger partial charge in [-0.15, -0.1) is 11.5 Å². The van der Waals surface area contributed by atoms with E-state index in [0.29, 0.717) is 18.5 Å². The van der Waals surface area contributed by atoms with Gasteiger partial charge in [-0.25, -0.2) is 4.68 Å². The number of nitro benzene ring substituents is 1. The molecule has 1 aliphatic rings. The highest BCUT2D eigenvalue weighted by atomic mass is 19.1. The van der Waals surface area contributed by atoms with Gasteiger partial charge in [-0.3, -0.25) is 10.1 Å². The van der Waals surface area contributed by atoms with Crippen molar-refractivity contribution in [1.82, 2.24) is 9.78 Å². The van der Waals surface area contributed by atoms with Crippen LogP contribution in [0.5, 0.6) is 0 Å². The van der Waals surface area contributed by atoms with Crippen molar-refractivity contribution in [1.29, 1.82) is 0 Å². The molecular weight excluding hydrogens is 277 g/mol. The average Bonchev–Trinajstić information content (AvgIpc) is 2.84. The first-order valence-electron chi connectivity index (χ1n) is 6.56. The number of ether oxygens (including phenoxy) is 1. The Kier molecular flexibility index (Phi) is 3.31. The van der Waals surface area contributed by atoms with Crippen molar-refractivity contribution in [3.05, 3.63) is 33.8 Å². The molecular formula is C14H12FN3O3. The maximum atomic E-state index is 14.1. The van der Waals surface area contributed by atoms with Gasteiger partial charge in [0, 0.05) is 24.3 Å². The van der Waals surface area contributed by atoms with Crippen LogP contribution in [0.25, 0.3) is 10.9 Å². The fourth-order valence-electron chi connectivity index (χ4n) is 2.56. The molecule has 1 aromatic carbocycles. The summed E-state index contributed by atoms with van der Waals surface area (Å²) in [5, 5.41) is 14.9. The zero-order valence-corrected chi connectivity index (χ0v) is 11.1. The van der Waals surface area contributed by atoms with Gasteiger partial charge in [0.2, 0.25) is 5.95 Å². The first kappa shape index (κ1) is 13.5. The van der Waals surface area contributed by atoms with Gasteiger partial charge >= 0.3 is 0 Å². The van der Waals surface area contributed by atoms with Crippen molar-refractivity contribution in [3.63, 3.8) is 0 Å². The summed E-state index contributed by atoms with van der Waals surface area (Å²) in [6.45, 7) is 0.560. The molecule has 6 nitrogen and oxygen atoms in total. The van der Waals surface area contributed by atoms with Gasteiger partial charge < -0.3 is 4.74 Å².